The van der Waals surface area contributed by atoms with Gasteiger partial charge in [0.15, 0.2) is 0 Å². The monoisotopic (exact) mass is 275 g/mol. The first kappa shape index (κ1) is 15.3. The summed E-state index contributed by atoms with van der Waals surface area (Å²) in [5.41, 5.74) is -0.268. The van der Waals surface area contributed by atoms with Crippen molar-refractivity contribution >= 4 is 5.91 Å². The SMILES string of the molecule is CC(C)(C)C(=O)N(CC=CC1CC=CCC1)CC1CC1. The Labute approximate surface area is 123 Å². The van der Waals surface area contributed by atoms with E-state index in [2.05, 4.69) is 29.2 Å². The van der Waals surface area contributed by atoms with Crippen molar-refractivity contribution < 1.29 is 4.79 Å². The largest absolute Gasteiger partial charge is 0.338 e. The van der Waals surface area contributed by atoms with Crippen molar-refractivity contribution in [3.05, 3.63) is 24.3 Å². The van der Waals surface area contributed by atoms with Gasteiger partial charge in [-0.05, 0) is 43.9 Å². The van der Waals surface area contributed by atoms with Crippen LogP contribution >= 0.6 is 0 Å². The van der Waals surface area contributed by atoms with Crippen LogP contribution in [0.25, 0.3) is 0 Å². The Bertz CT molecular complexity index is 385. The maximum atomic E-state index is 12.5. The lowest BCUT2D eigenvalue weighted by atomic mass is 9.93. The van der Waals surface area contributed by atoms with E-state index in [-0.39, 0.29) is 11.3 Å². The third kappa shape index (κ3) is 4.81. The van der Waals surface area contributed by atoms with Crippen molar-refractivity contribution in [2.24, 2.45) is 17.3 Å². The quantitative estimate of drug-likeness (QED) is 0.689. The molecule has 1 saturated carbocycles. The van der Waals surface area contributed by atoms with Gasteiger partial charge in [-0.3, -0.25) is 4.79 Å². The zero-order chi connectivity index (χ0) is 14.6. The van der Waals surface area contributed by atoms with Crippen LogP contribution < -0.4 is 0 Å². The van der Waals surface area contributed by atoms with E-state index in [1.165, 1.54) is 25.7 Å². The van der Waals surface area contributed by atoms with Crippen LogP contribution in [0.3, 0.4) is 0 Å². The van der Waals surface area contributed by atoms with Gasteiger partial charge >= 0.3 is 0 Å². The summed E-state index contributed by atoms with van der Waals surface area (Å²) in [5.74, 6) is 1.72. The summed E-state index contributed by atoms with van der Waals surface area (Å²) in [6.07, 6.45) is 15.3. The number of rotatable bonds is 5. The summed E-state index contributed by atoms with van der Waals surface area (Å²) >= 11 is 0. The Balaban J connectivity index is 1.88. The van der Waals surface area contributed by atoms with Crippen molar-refractivity contribution in [1.82, 2.24) is 4.90 Å². The maximum absolute atomic E-state index is 12.5. The summed E-state index contributed by atoms with van der Waals surface area (Å²) in [6, 6.07) is 0. The highest BCUT2D eigenvalue weighted by Gasteiger charge is 2.31. The Morgan fingerprint density at radius 1 is 1.25 bits per heavy atom. The molecule has 0 bridgehead atoms. The summed E-state index contributed by atoms with van der Waals surface area (Å²) in [5, 5.41) is 0. The van der Waals surface area contributed by atoms with Gasteiger partial charge in [0, 0.05) is 18.5 Å². The molecule has 0 aromatic carbocycles. The summed E-state index contributed by atoms with van der Waals surface area (Å²) in [4.78, 5) is 14.6. The lowest BCUT2D eigenvalue weighted by Gasteiger charge is -2.29. The van der Waals surface area contributed by atoms with Gasteiger partial charge < -0.3 is 4.90 Å². The van der Waals surface area contributed by atoms with Crippen molar-refractivity contribution in [3.8, 4) is 0 Å². The second-order valence-corrected chi connectivity index (χ2v) is 7.38. The fraction of sp³-hybridized carbons (Fsp3) is 0.722. The molecule has 0 heterocycles. The van der Waals surface area contributed by atoms with Gasteiger partial charge in [-0.15, -0.1) is 0 Å². The molecule has 0 radical (unpaired) electrons. The molecule has 1 unspecified atom stereocenters. The molecule has 2 nitrogen and oxygen atoms in total. The highest BCUT2D eigenvalue weighted by molar-refractivity contribution is 5.81. The lowest BCUT2D eigenvalue weighted by Crippen LogP contribution is -2.40. The number of carbonyl (C=O) groups excluding carboxylic acids is 1. The summed E-state index contributed by atoms with van der Waals surface area (Å²) in [6.45, 7) is 7.79. The molecule has 1 atom stereocenters. The number of carbonyl (C=O) groups is 1. The average Bonchev–Trinajstić information content (AvgIpc) is 3.21. The van der Waals surface area contributed by atoms with Crippen LogP contribution in [-0.2, 0) is 4.79 Å². The highest BCUT2D eigenvalue weighted by atomic mass is 16.2. The molecule has 0 spiro atoms. The van der Waals surface area contributed by atoms with E-state index in [4.69, 9.17) is 0 Å². The van der Waals surface area contributed by atoms with Crippen LogP contribution in [0.15, 0.2) is 24.3 Å². The smallest absolute Gasteiger partial charge is 0.228 e. The second kappa shape index (κ2) is 6.60. The molecule has 1 fully saturated rings. The van der Waals surface area contributed by atoms with E-state index < -0.39 is 0 Å². The van der Waals surface area contributed by atoms with Gasteiger partial charge in [0.25, 0.3) is 0 Å². The fourth-order valence-corrected chi connectivity index (χ4v) is 2.70. The van der Waals surface area contributed by atoms with E-state index in [9.17, 15) is 4.79 Å². The van der Waals surface area contributed by atoms with Crippen LogP contribution in [-0.4, -0.2) is 23.9 Å². The number of hydrogen-bond acceptors (Lipinski definition) is 1. The number of nitrogens with zero attached hydrogens (tertiary/aromatic N) is 1. The molecule has 20 heavy (non-hydrogen) atoms. The molecular weight excluding hydrogens is 246 g/mol. The third-order valence-corrected chi connectivity index (χ3v) is 4.15. The van der Waals surface area contributed by atoms with Crippen LogP contribution in [0.1, 0.15) is 52.9 Å². The minimum atomic E-state index is -0.268. The molecule has 112 valence electrons. The predicted molar refractivity (Wildman–Crippen MR) is 84.4 cm³/mol. The van der Waals surface area contributed by atoms with Gasteiger partial charge in [-0.1, -0.05) is 45.1 Å². The number of hydrogen-bond donors (Lipinski definition) is 0. The zero-order valence-electron chi connectivity index (χ0n) is 13.3. The topological polar surface area (TPSA) is 20.3 Å². The van der Waals surface area contributed by atoms with Gasteiger partial charge in [0.1, 0.15) is 0 Å². The molecule has 0 aromatic heterocycles. The predicted octanol–water partition coefficient (Wildman–Crippen LogP) is 4.18. The van der Waals surface area contributed by atoms with Crippen LogP contribution in [0, 0.1) is 17.3 Å². The molecule has 0 aromatic rings. The van der Waals surface area contributed by atoms with E-state index in [1.54, 1.807) is 0 Å². The van der Waals surface area contributed by atoms with Crippen LogP contribution in [0.4, 0.5) is 0 Å². The average molecular weight is 275 g/mol. The van der Waals surface area contributed by atoms with Crippen molar-refractivity contribution in [2.75, 3.05) is 13.1 Å². The summed E-state index contributed by atoms with van der Waals surface area (Å²) in [7, 11) is 0. The normalized spacial score (nSPS) is 23.2. The van der Waals surface area contributed by atoms with Gasteiger partial charge in [0.2, 0.25) is 5.91 Å². The fourth-order valence-electron chi connectivity index (χ4n) is 2.70. The Hall–Kier alpha value is -1.05. The molecule has 2 aliphatic carbocycles. The Morgan fingerprint density at radius 2 is 2.00 bits per heavy atom. The first-order chi connectivity index (χ1) is 9.47. The first-order valence-corrected chi connectivity index (χ1v) is 8.08. The lowest BCUT2D eigenvalue weighted by molar-refractivity contribution is -0.139. The molecule has 0 N–H and O–H groups in total. The van der Waals surface area contributed by atoms with E-state index in [0.29, 0.717) is 5.92 Å². The molecule has 0 aliphatic heterocycles. The van der Waals surface area contributed by atoms with Gasteiger partial charge in [0.05, 0.1) is 0 Å². The standard InChI is InChI=1S/C18H29NO/c1-18(2,3)17(20)19(14-16-11-12-16)13-7-10-15-8-5-4-6-9-15/h4-5,7,10,15-16H,6,8-9,11-14H2,1-3H3. The molecule has 2 rings (SSSR count). The Kier molecular flexibility index (Phi) is 5.06. The Morgan fingerprint density at radius 3 is 2.55 bits per heavy atom. The van der Waals surface area contributed by atoms with E-state index in [0.717, 1.165) is 25.4 Å². The molecule has 0 saturated heterocycles. The molecular formula is C18H29NO. The van der Waals surface area contributed by atoms with Crippen molar-refractivity contribution in [2.45, 2.75) is 52.9 Å². The molecule has 1 amide bonds. The molecule has 2 aliphatic rings. The minimum absolute atomic E-state index is 0.268. The number of allylic oxidation sites excluding steroid dienone is 3. The van der Waals surface area contributed by atoms with Gasteiger partial charge in [-0.2, -0.15) is 0 Å². The van der Waals surface area contributed by atoms with Gasteiger partial charge in [-0.25, -0.2) is 0 Å². The maximum Gasteiger partial charge on any atom is 0.228 e. The van der Waals surface area contributed by atoms with E-state index >= 15 is 0 Å². The minimum Gasteiger partial charge on any atom is -0.338 e. The first-order valence-electron chi connectivity index (χ1n) is 8.08. The number of amides is 1. The zero-order valence-corrected chi connectivity index (χ0v) is 13.3. The van der Waals surface area contributed by atoms with Crippen molar-refractivity contribution in [3.63, 3.8) is 0 Å². The summed E-state index contributed by atoms with van der Waals surface area (Å²) < 4.78 is 0. The molecule has 2 heteroatoms. The second-order valence-electron chi connectivity index (χ2n) is 7.38. The van der Waals surface area contributed by atoms with Crippen LogP contribution in [0.2, 0.25) is 0 Å². The third-order valence-electron chi connectivity index (χ3n) is 4.15. The van der Waals surface area contributed by atoms with E-state index in [1.807, 2.05) is 20.8 Å². The van der Waals surface area contributed by atoms with Crippen LogP contribution in [0.5, 0.6) is 0 Å². The highest BCUT2D eigenvalue weighted by Crippen LogP contribution is 2.31. The van der Waals surface area contributed by atoms with Crippen molar-refractivity contribution in [1.29, 1.82) is 0 Å².